The lowest BCUT2D eigenvalue weighted by molar-refractivity contribution is 0.553. The average Bonchev–Trinajstić information content (AvgIpc) is 2.86. The molecule has 0 radical (unpaired) electrons. The van der Waals surface area contributed by atoms with Gasteiger partial charge < -0.3 is 11.5 Å². The van der Waals surface area contributed by atoms with Gasteiger partial charge in [-0.25, -0.2) is 0 Å². The van der Waals surface area contributed by atoms with Crippen molar-refractivity contribution in [2.75, 3.05) is 11.5 Å². The van der Waals surface area contributed by atoms with Gasteiger partial charge in [-0.15, -0.1) is 0 Å². The molecule has 21 heavy (non-hydrogen) atoms. The summed E-state index contributed by atoms with van der Waals surface area (Å²) in [6.07, 6.45) is 0. The van der Waals surface area contributed by atoms with Crippen molar-refractivity contribution >= 4 is 11.6 Å². The van der Waals surface area contributed by atoms with Gasteiger partial charge in [0.15, 0.2) is 0 Å². The van der Waals surface area contributed by atoms with Crippen LogP contribution in [0.25, 0.3) is 0 Å². The van der Waals surface area contributed by atoms with Gasteiger partial charge >= 0.3 is 0 Å². The summed E-state index contributed by atoms with van der Waals surface area (Å²) >= 11 is 0. The van der Waals surface area contributed by atoms with Crippen LogP contribution in [0.3, 0.4) is 0 Å². The number of aryl methyl sites for hydroxylation is 3. The second-order valence-electron chi connectivity index (χ2n) is 5.66. The minimum absolute atomic E-state index is 0.0926. The van der Waals surface area contributed by atoms with Crippen molar-refractivity contribution in [1.29, 1.82) is 0 Å². The van der Waals surface area contributed by atoms with Gasteiger partial charge in [0.2, 0.25) is 0 Å². The molecule has 0 amide bonds. The van der Waals surface area contributed by atoms with Crippen LogP contribution in [0.2, 0.25) is 0 Å². The second kappa shape index (κ2) is 7.71. The lowest BCUT2D eigenvalue weighted by atomic mass is 9.92. The van der Waals surface area contributed by atoms with Gasteiger partial charge in [-0.05, 0) is 6.92 Å². The number of rotatable bonds is 0. The lowest BCUT2D eigenvalue weighted by Crippen LogP contribution is -2.12. The van der Waals surface area contributed by atoms with Gasteiger partial charge in [-0.3, -0.25) is 9.36 Å². The highest BCUT2D eigenvalue weighted by atomic mass is 15.3. The highest BCUT2D eigenvalue weighted by Gasteiger charge is 2.17. The fourth-order valence-electron chi connectivity index (χ4n) is 1.48. The quantitative estimate of drug-likeness (QED) is 0.782. The number of aromatic nitrogens is 4. The Balaban J connectivity index is 0.000000354. The molecular weight excluding hydrogens is 264 g/mol. The predicted molar refractivity (Wildman–Crippen MR) is 90.0 cm³/mol. The molecule has 0 spiro atoms. The first-order valence-corrected chi connectivity index (χ1v) is 7.17. The van der Waals surface area contributed by atoms with Crippen molar-refractivity contribution in [2.24, 2.45) is 14.1 Å². The molecule has 0 aliphatic carbocycles. The molecule has 0 aliphatic rings. The number of hydrogen-bond acceptors (Lipinski definition) is 4. The van der Waals surface area contributed by atoms with E-state index >= 15 is 0 Å². The smallest absolute Gasteiger partial charge is 0.121 e. The number of nitrogen functional groups attached to an aromatic ring is 2. The fraction of sp³-hybridized carbons (Fsp3) is 0.600. The van der Waals surface area contributed by atoms with Crippen LogP contribution in [0.4, 0.5) is 11.6 Å². The predicted octanol–water partition coefficient (Wildman–Crippen LogP) is 2.64. The summed E-state index contributed by atoms with van der Waals surface area (Å²) in [7, 11) is 3.67. The van der Waals surface area contributed by atoms with Gasteiger partial charge in [-0.2, -0.15) is 10.2 Å². The van der Waals surface area contributed by atoms with E-state index in [0.717, 1.165) is 17.2 Å². The third kappa shape index (κ3) is 5.89. The third-order valence-electron chi connectivity index (χ3n) is 2.72. The van der Waals surface area contributed by atoms with Crippen LogP contribution in [0.5, 0.6) is 0 Å². The maximum atomic E-state index is 5.64. The van der Waals surface area contributed by atoms with E-state index in [1.165, 1.54) is 0 Å². The van der Waals surface area contributed by atoms with Crippen molar-refractivity contribution in [3.05, 3.63) is 23.5 Å². The molecule has 120 valence electrons. The monoisotopic (exact) mass is 294 g/mol. The van der Waals surface area contributed by atoms with E-state index < -0.39 is 0 Å². The Hall–Kier alpha value is -1.98. The minimum Gasteiger partial charge on any atom is -0.384 e. The Morgan fingerprint density at radius 2 is 1.33 bits per heavy atom. The van der Waals surface area contributed by atoms with E-state index in [2.05, 4.69) is 31.0 Å². The molecule has 0 aromatic carbocycles. The summed E-state index contributed by atoms with van der Waals surface area (Å²) in [5, 5.41) is 8.28. The number of nitrogens with zero attached hydrogens (tertiary/aromatic N) is 4. The van der Waals surface area contributed by atoms with Crippen molar-refractivity contribution < 1.29 is 0 Å². The van der Waals surface area contributed by atoms with E-state index in [1.807, 2.05) is 47.0 Å². The van der Waals surface area contributed by atoms with Crippen LogP contribution in [0, 0.1) is 6.92 Å². The van der Waals surface area contributed by atoms with Crippen molar-refractivity contribution in [1.82, 2.24) is 19.6 Å². The maximum Gasteiger partial charge on any atom is 0.121 e. The zero-order valence-corrected chi connectivity index (χ0v) is 14.6. The normalized spacial score (nSPS) is 10.3. The Morgan fingerprint density at radius 1 is 0.905 bits per heavy atom. The van der Waals surface area contributed by atoms with Crippen molar-refractivity contribution in [3.8, 4) is 0 Å². The van der Waals surface area contributed by atoms with Gasteiger partial charge in [0.1, 0.15) is 11.6 Å². The molecule has 0 unspecified atom stereocenters. The summed E-state index contributed by atoms with van der Waals surface area (Å²) in [4.78, 5) is 0. The summed E-state index contributed by atoms with van der Waals surface area (Å²) in [5.41, 5.74) is 13.2. The van der Waals surface area contributed by atoms with Crippen LogP contribution in [-0.2, 0) is 19.5 Å². The van der Waals surface area contributed by atoms with E-state index in [4.69, 9.17) is 11.5 Å². The van der Waals surface area contributed by atoms with Gasteiger partial charge in [0.05, 0.1) is 11.4 Å². The van der Waals surface area contributed by atoms with Crippen LogP contribution < -0.4 is 11.5 Å². The zero-order valence-electron chi connectivity index (χ0n) is 14.6. The Labute approximate surface area is 128 Å². The Morgan fingerprint density at radius 3 is 1.48 bits per heavy atom. The molecular formula is C15H30N6. The summed E-state index contributed by atoms with van der Waals surface area (Å²) < 4.78 is 3.34. The van der Waals surface area contributed by atoms with E-state index in [0.29, 0.717) is 5.82 Å². The maximum absolute atomic E-state index is 5.64. The molecule has 0 aliphatic heterocycles. The zero-order chi connectivity index (χ0) is 16.8. The largest absolute Gasteiger partial charge is 0.384 e. The number of anilines is 2. The van der Waals surface area contributed by atoms with E-state index in [1.54, 1.807) is 9.36 Å². The Kier molecular flexibility index (Phi) is 6.98. The summed E-state index contributed by atoms with van der Waals surface area (Å²) in [5.74, 6) is 1.43. The van der Waals surface area contributed by atoms with Crippen LogP contribution in [0.1, 0.15) is 46.0 Å². The van der Waals surface area contributed by atoms with Crippen LogP contribution >= 0.6 is 0 Å². The molecule has 2 rings (SSSR count). The van der Waals surface area contributed by atoms with Crippen LogP contribution in [0.15, 0.2) is 12.1 Å². The standard InChI is InChI=1S/C8H15N3.C5H9N3.C2H6/c1-8(2,3)6-5-7(9)11(4)10-6;1-4-3-5(6)8(2)7-4;1-2/h5H,9H2,1-4H3;3H,6H2,1-2H3;1-2H3. The van der Waals surface area contributed by atoms with Crippen molar-refractivity contribution in [2.45, 2.75) is 47.0 Å². The highest BCUT2D eigenvalue weighted by molar-refractivity contribution is 5.33. The fourth-order valence-corrected chi connectivity index (χ4v) is 1.48. The van der Waals surface area contributed by atoms with Crippen molar-refractivity contribution in [3.63, 3.8) is 0 Å². The molecule has 6 nitrogen and oxygen atoms in total. The van der Waals surface area contributed by atoms with Crippen LogP contribution in [-0.4, -0.2) is 19.6 Å². The number of nitrogens with two attached hydrogens (primary N) is 2. The lowest BCUT2D eigenvalue weighted by Gasteiger charge is -2.13. The molecule has 0 saturated carbocycles. The summed E-state index contributed by atoms with van der Waals surface area (Å²) in [6.45, 7) is 12.3. The molecule has 0 fully saturated rings. The average molecular weight is 294 g/mol. The third-order valence-corrected chi connectivity index (χ3v) is 2.72. The second-order valence-corrected chi connectivity index (χ2v) is 5.66. The first-order chi connectivity index (χ1) is 9.61. The molecule has 2 aromatic rings. The number of hydrogen-bond donors (Lipinski definition) is 2. The van der Waals surface area contributed by atoms with E-state index in [-0.39, 0.29) is 5.41 Å². The SMILES string of the molecule is CC.Cc1cc(N)n(C)n1.Cn1nc(C(C)(C)C)cc1N. The molecule has 2 heterocycles. The molecule has 6 heteroatoms. The minimum atomic E-state index is 0.0926. The molecule has 0 atom stereocenters. The Bertz CT molecular complexity index is 506. The van der Waals surface area contributed by atoms with E-state index in [9.17, 15) is 0 Å². The first kappa shape index (κ1) is 19.0. The molecule has 2 aromatic heterocycles. The summed E-state index contributed by atoms with van der Waals surface area (Å²) in [6, 6.07) is 3.75. The topological polar surface area (TPSA) is 87.7 Å². The highest BCUT2D eigenvalue weighted by Crippen LogP contribution is 2.21. The molecule has 4 N–H and O–H groups in total. The van der Waals surface area contributed by atoms with Gasteiger partial charge in [0, 0.05) is 31.6 Å². The first-order valence-electron chi connectivity index (χ1n) is 7.17. The molecule has 0 bridgehead atoms. The molecule has 0 saturated heterocycles. The van der Waals surface area contributed by atoms with Gasteiger partial charge in [0.25, 0.3) is 0 Å². The van der Waals surface area contributed by atoms with Gasteiger partial charge in [-0.1, -0.05) is 34.6 Å².